The number of methoxy groups -OCH3 is 1. The fraction of sp³-hybridized carbons (Fsp3) is 0.0400. The van der Waals surface area contributed by atoms with Gasteiger partial charge >= 0.3 is 0 Å². The van der Waals surface area contributed by atoms with Gasteiger partial charge in [0.25, 0.3) is 17.6 Å². The number of carbonyl (C=O) groups is 1. The standard InChI is InChI=1S/C25H19N5O2/c1-32-22-15-9-8-14-19(22)23(31)27-24-28-25-26-20(17-10-4-2-5-11-17)16-21(30(25)29-24)18-12-6-3-7-13-18/h2-16H,1H3,(H,27,29,31). The predicted molar refractivity (Wildman–Crippen MR) is 123 cm³/mol. The number of amides is 1. The number of ether oxygens (including phenoxy) is 1. The Morgan fingerprint density at radius 2 is 1.50 bits per heavy atom. The predicted octanol–water partition coefficient (Wildman–Crippen LogP) is 4.72. The maximum Gasteiger partial charge on any atom is 0.261 e. The highest BCUT2D eigenvalue weighted by Crippen LogP contribution is 2.26. The van der Waals surface area contributed by atoms with Crippen molar-refractivity contribution in [2.24, 2.45) is 0 Å². The van der Waals surface area contributed by atoms with E-state index in [4.69, 9.17) is 4.74 Å². The van der Waals surface area contributed by atoms with Gasteiger partial charge in [-0.1, -0.05) is 72.8 Å². The third kappa shape index (κ3) is 3.67. The Hall–Kier alpha value is -4.52. The number of para-hydroxylation sites is 1. The third-order valence-electron chi connectivity index (χ3n) is 5.03. The zero-order valence-corrected chi connectivity index (χ0v) is 17.3. The van der Waals surface area contributed by atoms with Gasteiger partial charge in [0.15, 0.2) is 0 Å². The largest absolute Gasteiger partial charge is 0.496 e. The Morgan fingerprint density at radius 3 is 2.22 bits per heavy atom. The number of hydrogen-bond donors (Lipinski definition) is 1. The van der Waals surface area contributed by atoms with Crippen LogP contribution in [0.3, 0.4) is 0 Å². The van der Waals surface area contributed by atoms with Crippen LogP contribution in [0.4, 0.5) is 5.95 Å². The Kier molecular flexibility index (Phi) is 5.05. The number of carbonyl (C=O) groups excluding carboxylic acids is 1. The van der Waals surface area contributed by atoms with Crippen molar-refractivity contribution in [3.8, 4) is 28.3 Å². The van der Waals surface area contributed by atoms with Crippen LogP contribution in [0.1, 0.15) is 10.4 Å². The molecule has 2 heterocycles. The number of nitrogens with one attached hydrogen (secondary N) is 1. The van der Waals surface area contributed by atoms with Crippen LogP contribution in [0.15, 0.2) is 91.0 Å². The Bertz CT molecular complexity index is 1400. The Balaban J connectivity index is 1.60. The molecule has 0 fully saturated rings. The molecule has 0 bridgehead atoms. The van der Waals surface area contributed by atoms with Crippen LogP contribution < -0.4 is 10.1 Å². The average molecular weight is 421 g/mol. The van der Waals surface area contributed by atoms with Crippen LogP contribution in [0.5, 0.6) is 5.75 Å². The summed E-state index contributed by atoms with van der Waals surface area (Å²) in [7, 11) is 1.52. The van der Waals surface area contributed by atoms with Crippen molar-refractivity contribution >= 4 is 17.6 Å². The van der Waals surface area contributed by atoms with Crippen LogP contribution in [-0.2, 0) is 0 Å². The zero-order valence-electron chi connectivity index (χ0n) is 17.3. The second-order valence-corrected chi connectivity index (χ2v) is 7.06. The van der Waals surface area contributed by atoms with E-state index in [1.165, 1.54) is 7.11 Å². The van der Waals surface area contributed by atoms with Crippen LogP contribution in [-0.4, -0.2) is 32.6 Å². The second kappa shape index (κ2) is 8.31. The van der Waals surface area contributed by atoms with Gasteiger partial charge < -0.3 is 4.74 Å². The zero-order chi connectivity index (χ0) is 21.9. The van der Waals surface area contributed by atoms with Crippen molar-refractivity contribution in [1.82, 2.24) is 19.6 Å². The first-order valence-corrected chi connectivity index (χ1v) is 10.1. The highest BCUT2D eigenvalue weighted by molar-refractivity contribution is 6.05. The molecule has 0 aliphatic rings. The number of anilines is 1. The van der Waals surface area contributed by atoms with Gasteiger partial charge in [0.1, 0.15) is 5.75 Å². The summed E-state index contributed by atoms with van der Waals surface area (Å²) in [6.07, 6.45) is 0. The number of rotatable bonds is 5. The topological polar surface area (TPSA) is 81.4 Å². The molecule has 0 unspecified atom stereocenters. The third-order valence-corrected chi connectivity index (χ3v) is 5.03. The second-order valence-electron chi connectivity index (χ2n) is 7.06. The van der Waals surface area contributed by atoms with Crippen molar-refractivity contribution < 1.29 is 9.53 Å². The lowest BCUT2D eigenvalue weighted by Gasteiger charge is -2.07. The molecule has 0 aliphatic carbocycles. The van der Waals surface area contributed by atoms with Crippen LogP contribution in [0.25, 0.3) is 28.3 Å². The van der Waals surface area contributed by atoms with Crippen LogP contribution >= 0.6 is 0 Å². The first-order chi connectivity index (χ1) is 15.7. The fourth-order valence-electron chi connectivity index (χ4n) is 3.49. The summed E-state index contributed by atoms with van der Waals surface area (Å²) >= 11 is 0. The molecule has 7 nitrogen and oxygen atoms in total. The van der Waals surface area contributed by atoms with Gasteiger partial charge in [-0.25, -0.2) is 4.98 Å². The van der Waals surface area contributed by atoms with E-state index in [0.29, 0.717) is 17.1 Å². The highest BCUT2D eigenvalue weighted by atomic mass is 16.5. The van der Waals surface area contributed by atoms with Gasteiger partial charge in [-0.15, -0.1) is 5.10 Å². The van der Waals surface area contributed by atoms with E-state index >= 15 is 0 Å². The minimum absolute atomic E-state index is 0.163. The molecule has 0 atom stereocenters. The lowest BCUT2D eigenvalue weighted by molar-refractivity contribution is 0.102. The molecule has 0 spiro atoms. The SMILES string of the molecule is COc1ccccc1C(=O)Nc1nc2nc(-c3ccccc3)cc(-c3ccccc3)n2n1. The minimum atomic E-state index is -0.358. The smallest absolute Gasteiger partial charge is 0.261 e. The summed E-state index contributed by atoms with van der Waals surface area (Å²) in [6.45, 7) is 0. The summed E-state index contributed by atoms with van der Waals surface area (Å²) in [5.74, 6) is 0.669. The number of fused-ring (bicyclic) bond motifs is 1. The van der Waals surface area contributed by atoms with E-state index in [1.54, 1.807) is 28.8 Å². The average Bonchev–Trinajstić information content (AvgIpc) is 3.26. The van der Waals surface area contributed by atoms with E-state index in [-0.39, 0.29) is 11.9 Å². The maximum atomic E-state index is 12.8. The van der Waals surface area contributed by atoms with E-state index in [1.807, 2.05) is 66.7 Å². The van der Waals surface area contributed by atoms with Crippen molar-refractivity contribution in [2.75, 3.05) is 12.4 Å². The Labute approximate surface area is 184 Å². The van der Waals surface area contributed by atoms with Crippen molar-refractivity contribution in [2.45, 2.75) is 0 Å². The van der Waals surface area contributed by atoms with E-state index in [2.05, 4.69) is 20.4 Å². The molecule has 156 valence electrons. The molecule has 0 saturated carbocycles. The minimum Gasteiger partial charge on any atom is -0.496 e. The number of hydrogen-bond acceptors (Lipinski definition) is 5. The van der Waals surface area contributed by atoms with Crippen LogP contribution in [0, 0.1) is 0 Å². The lowest BCUT2D eigenvalue weighted by atomic mass is 10.1. The molecule has 5 aromatic rings. The van der Waals surface area contributed by atoms with E-state index in [0.717, 1.165) is 22.5 Å². The summed E-state index contributed by atoms with van der Waals surface area (Å²) in [4.78, 5) is 22.0. The van der Waals surface area contributed by atoms with Crippen molar-refractivity contribution in [3.63, 3.8) is 0 Å². The van der Waals surface area contributed by atoms with Gasteiger partial charge in [0.05, 0.1) is 24.1 Å². The molecule has 3 aromatic carbocycles. The molecule has 2 aromatic heterocycles. The number of aromatic nitrogens is 4. The molecule has 1 amide bonds. The van der Waals surface area contributed by atoms with Crippen molar-refractivity contribution in [3.05, 3.63) is 96.6 Å². The van der Waals surface area contributed by atoms with Crippen LogP contribution in [0.2, 0.25) is 0 Å². The Morgan fingerprint density at radius 1 is 0.844 bits per heavy atom. The first kappa shape index (κ1) is 19.4. The summed E-state index contributed by atoms with van der Waals surface area (Å²) < 4.78 is 6.92. The molecule has 0 radical (unpaired) electrons. The summed E-state index contributed by atoms with van der Waals surface area (Å²) in [6, 6.07) is 28.7. The van der Waals surface area contributed by atoms with Gasteiger partial charge in [0, 0.05) is 11.1 Å². The van der Waals surface area contributed by atoms with E-state index < -0.39 is 0 Å². The van der Waals surface area contributed by atoms with E-state index in [9.17, 15) is 4.79 Å². The highest BCUT2D eigenvalue weighted by Gasteiger charge is 2.17. The molecule has 0 saturated heterocycles. The monoisotopic (exact) mass is 421 g/mol. The van der Waals surface area contributed by atoms with Gasteiger partial charge in [-0.3, -0.25) is 10.1 Å². The van der Waals surface area contributed by atoms with Gasteiger partial charge in [-0.2, -0.15) is 9.50 Å². The molecular weight excluding hydrogens is 402 g/mol. The fourth-order valence-corrected chi connectivity index (χ4v) is 3.49. The lowest BCUT2D eigenvalue weighted by Crippen LogP contribution is -2.14. The number of benzene rings is 3. The molecular formula is C25H19N5O2. The molecule has 1 N–H and O–H groups in total. The normalized spacial score (nSPS) is 10.8. The molecule has 0 aliphatic heterocycles. The number of nitrogens with zero attached hydrogens (tertiary/aromatic N) is 4. The first-order valence-electron chi connectivity index (χ1n) is 10.1. The molecule has 32 heavy (non-hydrogen) atoms. The van der Waals surface area contributed by atoms with Gasteiger partial charge in [0.2, 0.25) is 0 Å². The quantitative estimate of drug-likeness (QED) is 0.444. The van der Waals surface area contributed by atoms with Gasteiger partial charge in [-0.05, 0) is 18.2 Å². The maximum absolute atomic E-state index is 12.8. The van der Waals surface area contributed by atoms with Crippen molar-refractivity contribution in [1.29, 1.82) is 0 Å². The molecule has 7 heteroatoms. The molecule has 5 rings (SSSR count). The summed E-state index contributed by atoms with van der Waals surface area (Å²) in [5, 5.41) is 7.27. The summed E-state index contributed by atoms with van der Waals surface area (Å²) in [5.41, 5.74) is 3.92.